The zero-order valence-corrected chi connectivity index (χ0v) is 17.2. The number of amides is 1. The summed E-state index contributed by atoms with van der Waals surface area (Å²) in [4.78, 5) is 27.1. The monoisotopic (exact) mass is 425 g/mol. The van der Waals surface area contributed by atoms with Crippen molar-refractivity contribution in [1.82, 2.24) is 19.2 Å². The third-order valence-electron chi connectivity index (χ3n) is 4.53. The van der Waals surface area contributed by atoms with Gasteiger partial charge in [0.2, 0.25) is 10.8 Å². The first-order valence-electron chi connectivity index (χ1n) is 8.70. The first kappa shape index (κ1) is 19.2. The summed E-state index contributed by atoms with van der Waals surface area (Å²) in [5, 5.41) is 8.69. The van der Waals surface area contributed by atoms with Gasteiger partial charge in [-0.2, -0.15) is 0 Å². The fourth-order valence-corrected chi connectivity index (χ4v) is 3.78. The second-order valence-corrected chi connectivity index (χ2v) is 7.62. The van der Waals surface area contributed by atoms with Crippen LogP contribution >= 0.6 is 23.4 Å². The van der Waals surface area contributed by atoms with Crippen LogP contribution in [0, 0.1) is 6.92 Å². The van der Waals surface area contributed by atoms with Crippen LogP contribution in [0.5, 0.6) is 0 Å². The Hall–Kier alpha value is -3.10. The molecule has 0 unspecified atom stereocenters. The van der Waals surface area contributed by atoms with E-state index < -0.39 is 0 Å². The highest BCUT2D eigenvalue weighted by atomic mass is 35.5. The first-order chi connectivity index (χ1) is 14.0. The van der Waals surface area contributed by atoms with Crippen molar-refractivity contribution >= 4 is 39.9 Å². The van der Waals surface area contributed by atoms with Gasteiger partial charge in [-0.15, -0.1) is 10.2 Å². The van der Waals surface area contributed by atoms with E-state index in [2.05, 4.69) is 10.2 Å². The molecule has 0 N–H and O–H groups in total. The maximum Gasteiger partial charge on any atom is 0.300 e. The molecule has 0 radical (unpaired) electrons. The van der Waals surface area contributed by atoms with Crippen LogP contribution in [0.4, 0.5) is 10.5 Å². The third-order valence-corrected chi connectivity index (χ3v) is 5.85. The summed E-state index contributed by atoms with van der Waals surface area (Å²) in [6.07, 6.45) is 3.28. The molecule has 146 valence electrons. The lowest BCUT2D eigenvalue weighted by Gasteiger charge is -2.15. The number of aromatic nitrogens is 4. The van der Waals surface area contributed by atoms with E-state index in [1.807, 2.05) is 43.3 Å². The average molecular weight is 426 g/mol. The lowest BCUT2D eigenvalue weighted by molar-refractivity contribution is 0.266. The van der Waals surface area contributed by atoms with Gasteiger partial charge in [-0.1, -0.05) is 35.9 Å². The molecule has 2 aromatic carbocycles. The topological polar surface area (TPSA) is 72.5 Å². The molecule has 2 aromatic heterocycles. The number of benzene rings is 2. The Morgan fingerprint density at radius 3 is 2.59 bits per heavy atom. The molecule has 0 aliphatic heterocycles. The predicted octanol–water partition coefficient (Wildman–Crippen LogP) is 4.19. The van der Waals surface area contributed by atoms with Crippen molar-refractivity contribution in [3.05, 3.63) is 81.9 Å². The molecule has 2 heterocycles. The molecule has 4 rings (SSSR count). The molecule has 1 amide bonds. The van der Waals surface area contributed by atoms with Gasteiger partial charge < -0.3 is 4.90 Å². The van der Waals surface area contributed by atoms with Gasteiger partial charge in [-0.05, 0) is 36.8 Å². The van der Waals surface area contributed by atoms with Gasteiger partial charge in [0.15, 0.2) is 0 Å². The van der Waals surface area contributed by atoms with Crippen LogP contribution in [0.25, 0.3) is 11.3 Å². The number of halogens is 1. The van der Waals surface area contributed by atoms with Crippen LogP contribution in [0.2, 0.25) is 5.02 Å². The van der Waals surface area contributed by atoms with Crippen molar-refractivity contribution in [2.75, 3.05) is 11.9 Å². The standard InChI is InChI=1S/C20H16ClN5O2S/c1-13-15(21)9-6-10-16(13)25-11-12-26-17(18(25)27)22-23-19(26)29-20(28)24(2)14-7-4-3-5-8-14/h3-12H,1-2H3. The number of anilines is 1. The van der Waals surface area contributed by atoms with Crippen molar-refractivity contribution in [2.24, 2.45) is 0 Å². The molecule has 0 fully saturated rings. The largest absolute Gasteiger partial charge is 0.306 e. The Labute approximate surface area is 175 Å². The van der Waals surface area contributed by atoms with E-state index in [0.29, 0.717) is 15.9 Å². The molecule has 0 aliphatic rings. The first-order valence-corrected chi connectivity index (χ1v) is 9.89. The number of carbonyl (C=O) groups excluding carboxylic acids is 1. The van der Waals surface area contributed by atoms with Gasteiger partial charge >= 0.3 is 5.56 Å². The van der Waals surface area contributed by atoms with E-state index >= 15 is 0 Å². The molecule has 9 heteroatoms. The highest BCUT2D eigenvalue weighted by Crippen LogP contribution is 2.24. The summed E-state index contributed by atoms with van der Waals surface area (Å²) >= 11 is 7.09. The Balaban J connectivity index is 1.68. The Morgan fingerprint density at radius 1 is 1.07 bits per heavy atom. The fraction of sp³-hybridized carbons (Fsp3) is 0.100. The second-order valence-electron chi connectivity index (χ2n) is 6.30. The molecule has 4 aromatic rings. The quantitative estimate of drug-likeness (QED) is 0.460. The Kier molecular flexibility index (Phi) is 5.12. The fourth-order valence-electron chi connectivity index (χ4n) is 2.89. The van der Waals surface area contributed by atoms with Gasteiger partial charge in [0.05, 0.1) is 5.69 Å². The van der Waals surface area contributed by atoms with Crippen LogP contribution in [0.15, 0.2) is 70.9 Å². The summed E-state index contributed by atoms with van der Waals surface area (Å²) in [6.45, 7) is 1.84. The summed E-state index contributed by atoms with van der Waals surface area (Å²) in [5.74, 6) is 0. The van der Waals surface area contributed by atoms with E-state index in [4.69, 9.17) is 11.6 Å². The number of fused-ring (bicyclic) bond motifs is 1. The van der Waals surface area contributed by atoms with Gasteiger partial charge in [-0.3, -0.25) is 18.6 Å². The summed E-state index contributed by atoms with van der Waals surface area (Å²) in [6, 6.07) is 14.6. The van der Waals surface area contributed by atoms with Gasteiger partial charge in [0.1, 0.15) is 0 Å². The average Bonchev–Trinajstić information content (AvgIpc) is 3.14. The smallest absolute Gasteiger partial charge is 0.300 e. The summed E-state index contributed by atoms with van der Waals surface area (Å²) in [7, 11) is 1.68. The molecule has 0 saturated heterocycles. The number of hydrogen-bond acceptors (Lipinski definition) is 5. The third kappa shape index (κ3) is 3.52. The van der Waals surface area contributed by atoms with E-state index in [0.717, 1.165) is 23.0 Å². The van der Waals surface area contributed by atoms with Gasteiger partial charge in [0, 0.05) is 41.9 Å². The van der Waals surface area contributed by atoms with E-state index in [1.54, 1.807) is 31.6 Å². The van der Waals surface area contributed by atoms with Crippen LogP contribution in [-0.2, 0) is 0 Å². The van der Waals surface area contributed by atoms with Crippen molar-refractivity contribution in [2.45, 2.75) is 12.1 Å². The number of para-hydroxylation sites is 1. The number of thioether (sulfide) groups is 1. The molecule has 7 nitrogen and oxygen atoms in total. The summed E-state index contributed by atoms with van der Waals surface area (Å²) < 4.78 is 2.98. The molecular formula is C20H16ClN5O2S. The van der Waals surface area contributed by atoms with Crippen molar-refractivity contribution in [3.63, 3.8) is 0 Å². The van der Waals surface area contributed by atoms with Crippen LogP contribution in [0.1, 0.15) is 5.56 Å². The number of carbonyl (C=O) groups is 1. The maximum atomic E-state index is 12.9. The minimum Gasteiger partial charge on any atom is -0.306 e. The Morgan fingerprint density at radius 2 is 1.83 bits per heavy atom. The molecule has 29 heavy (non-hydrogen) atoms. The number of nitrogens with zero attached hydrogens (tertiary/aromatic N) is 5. The molecule has 0 atom stereocenters. The highest BCUT2D eigenvalue weighted by Gasteiger charge is 2.19. The van der Waals surface area contributed by atoms with Gasteiger partial charge in [0.25, 0.3) is 5.24 Å². The predicted molar refractivity (Wildman–Crippen MR) is 114 cm³/mol. The SMILES string of the molecule is Cc1c(Cl)cccc1-n1ccn2c(SC(=O)N(C)c3ccccc3)nnc2c1=O. The van der Waals surface area contributed by atoms with Crippen LogP contribution < -0.4 is 10.5 Å². The minimum atomic E-state index is -0.346. The minimum absolute atomic E-state index is 0.129. The Bertz CT molecular complexity index is 1270. The lowest BCUT2D eigenvalue weighted by Crippen LogP contribution is -2.22. The molecule has 0 aliphatic carbocycles. The van der Waals surface area contributed by atoms with E-state index in [1.165, 1.54) is 13.9 Å². The van der Waals surface area contributed by atoms with Crippen LogP contribution in [-0.4, -0.2) is 31.5 Å². The van der Waals surface area contributed by atoms with Crippen molar-refractivity contribution in [3.8, 4) is 5.69 Å². The normalized spacial score (nSPS) is 11.0. The maximum absolute atomic E-state index is 12.9. The second kappa shape index (κ2) is 7.73. The molecule has 0 bridgehead atoms. The zero-order valence-electron chi connectivity index (χ0n) is 15.6. The molecule has 0 spiro atoms. The van der Waals surface area contributed by atoms with Crippen LogP contribution in [0.3, 0.4) is 0 Å². The van der Waals surface area contributed by atoms with Crippen molar-refractivity contribution < 1.29 is 4.79 Å². The highest BCUT2D eigenvalue weighted by molar-refractivity contribution is 8.13. The summed E-state index contributed by atoms with van der Waals surface area (Å²) in [5.41, 5.74) is 2.00. The number of hydrogen-bond donors (Lipinski definition) is 0. The lowest BCUT2D eigenvalue weighted by atomic mass is 10.2. The van der Waals surface area contributed by atoms with Gasteiger partial charge in [-0.25, -0.2) is 0 Å². The van der Waals surface area contributed by atoms with Crippen molar-refractivity contribution in [1.29, 1.82) is 0 Å². The molecule has 0 saturated carbocycles. The zero-order chi connectivity index (χ0) is 20.5. The van der Waals surface area contributed by atoms with E-state index in [9.17, 15) is 9.59 Å². The molecular weight excluding hydrogens is 410 g/mol. The van der Waals surface area contributed by atoms with E-state index in [-0.39, 0.29) is 16.4 Å². The number of rotatable bonds is 3.